The van der Waals surface area contributed by atoms with Crippen molar-refractivity contribution in [1.82, 2.24) is 14.3 Å². The molecule has 0 aliphatic rings. The predicted molar refractivity (Wildman–Crippen MR) is 117 cm³/mol. The van der Waals surface area contributed by atoms with Gasteiger partial charge in [-0.2, -0.15) is 4.68 Å². The highest BCUT2D eigenvalue weighted by atomic mass is 19.1. The van der Waals surface area contributed by atoms with Gasteiger partial charge < -0.3 is 13.7 Å². The quantitative estimate of drug-likeness (QED) is 0.304. The smallest absolute Gasteiger partial charge is 0.437 e. The Morgan fingerprint density at radius 2 is 1.76 bits per heavy atom. The Bertz CT molecular complexity index is 1430. The third-order valence-corrected chi connectivity index (χ3v) is 5.14. The highest BCUT2D eigenvalue weighted by Gasteiger charge is 2.20. The van der Waals surface area contributed by atoms with E-state index in [4.69, 9.17) is 9.15 Å². The number of aryl methyl sites for hydroxylation is 1. The zero-order chi connectivity index (χ0) is 24.4. The average Bonchev–Trinajstić information content (AvgIpc) is 3.31. The number of aromatic nitrogens is 3. The molecule has 174 valence electrons. The molecule has 0 atom stereocenters. The van der Waals surface area contributed by atoms with Crippen molar-refractivity contribution in [1.29, 1.82) is 0 Å². The molecule has 2 heterocycles. The first-order valence-corrected chi connectivity index (χ1v) is 10.2. The van der Waals surface area contributed by atoms with E-state index in [0.29, 0.717) is 28.2 Å². The molecule has 34 heavy (non-hydrogen) atoms. The lowest BCUT2D eigenvalue weighted by Gasteiger charge is -2.10. The molecule has 4 aromatic rings. The Kier molecular flexibility index (Phi) is 6.22. The van der Waals surface area contributed by atoms with E-state index in [1.165, 1.54) is 36.4 Å². The standard InChI is InChI=1S/C24H19F2N3O5/c1-14-10-20(15(2)29(14)19-5-3-4-18(26)11-19)21(30)13-33-22(31)12-28-24(32)34-23(27-28)16-6-8-17(25)9-7-16/h3-11H,12-13H2,1-2H3. The minimum Gasteiger partial charge on any atom is -0.456 e. The van der Waals surface area contributed by atoms with Crippen molar-refractivity contribution in [3.8, 4) is 17.1 Å². The van der Waals surface area contributed by atoms with Crippen LogP contribution >= 0.6 is 0 Å². The monoisotopic (exact) mass is 467 g/mol. The van der Waals surface area contributed by atoms with Gasteiger partial charge in [0.25, 0.3) is 0 Å². The number of ether oxygens (including phenoxy) is 1. The summed E-state index contributed by atoms with van der Waals surface area (Å²) in [4.78, 5) is 36.8. The number of nitrogens with zero attached hydrogens (tertiary/aromatic N) is 3. The third-order valence-electron chi connectivity index (χ3n) is 5.14. The Labute approximate surface area is 192 Å². The molecule has 4 rings (SSSR count). The Morgan fingerprint density at radius 1 is 1.03 bits per heavy atom. The maximum atomic E-state index is 13.6. The molecule has 0 unspecified atom stereocenters. The zero-order valence-electron chi connectivity index (χ0n) is 18.2. The highest BCUT2D eigenvalue weighted by molar-refractivity contribution is 5.99. The van der Waals surface area contributed by atoms with Crippen molar-refractivity contribution in [2.75, 3.05) is 6.61 Å². The maximum absolute atomic E-state index is 13.6. The molecule has 0 aliphatic carbocycles. The summed E-state index contributed by atoms with van der Waals surface area (Å²) >= 11 is 0. The number of hydrogen-bond acceptors (Lipinski definition) is 6. The number of Topliss-reactive ketones (excluding diaryl/α,β-unsaturated/α-hetero) is 1. The van der Waals surface area contributed by atoms with E-state index in [2.05, 4.69) is 5.10 Å². The Hall–Kier alpha value is -4.34. The summed E-state index contributed by atoms with van der Waals surface area (Å²) in [6, 6.07) is 12.7. The lowest BCUT2D eigenvalue weighted by Crippen LogP contribution is -2.24. The van der Waals surface area contributed by atoms with Crippen LogP contribution in [0.3, 0.4) is 0 Å². The van der Waals surface area contributed by atoms with Crippen LogP contribution in [-0.4, -0.2) is 32.7 Å². The fourth-order valence-electron chi connectivity index (χ4n) is 3.56. The summed E-state index contributed by atoms with van der Waals surface area (Å²) in [5.41, 5.74) is 2.52. The number of esters is 1. The van der Waals surface area contributed by atoms with Gasteiger partial charge in [-0.05, 0) is 62.4 Å². The van der Waals surface area contributed by atoms with E-state index in [1.807, 2.05) is 0 Å². The van der Waals surface area contributed by atoms with E-state index < -0.39 is 42.3 Å². The van der Waals surface area contributed by atoms with E-state index >= 15 is 0 Å². The fraction of sp³-hybridized carbons (Fsp3) is 0.167. The van der Waals surface area contributed by atoms with E-state index in [0.717, 1.165) is 4.68 Å². The lowest BCUT2D eigenvalue weighted by molar-refractivity contribution is -0.143. The van der Waals surface area contributed by atoms with Crippen molar-refractivity contribution in [3.05, 3.63) is 93.7 Å². The maximum Gasteiger partial charge on any atom is 0.437 e. The molecule has 0 saturated heterocycles. The van der Waals surface area contributed by atoms with Gasteiger partial charge in [0.2, 0.25) is 11.7 Å². The van der Waals surface area contributed by atoms with Gasteiger partial charge in [0.1, 0.15) is 18.2 Å². The summed E-state index contributed by atoms with van der Waals surface area (Å²) in [5, 5.41) is 3.90. The zero-order valence-corrected chi connectivity index (χ0v) is 18.2. The molecule has 0 N–H and O–H groups in total. The molecule has 2 aromatic heterocycles. The third kappa shape index (κ3) is 4.70. The first-order valence-electron chi connectivity index (χ1n) is 10.2. The molecule has 2 aromatic carbocycles. The molecule has 0 aliphatic heterocycles. The van der Waals surface area contributed by atoms with Gasteiger partial charge in [0.05, 0.1) is 0 Å². The van der Waals surface area contributed by atoms with Gasteiger partial charge in [0, 0.05) is 28.2 Å². The second-order valence-electron chi connectivity index (χ2n) is 7.52. The van der Waals surface area contributed by atoms with Gasteiger partial charge in [-0.15, -0.1) is 5.10 Å². The van der Waals surface area contributed by atoms with Crippen molar-refractivity contribution >= 4 is 11.8 Å². The molecular formula is C24H19F2N3O5. The van der Waals surface area contributed by atoms with E-state index in [1.54, 1.807) is 36.6 Å². The summed E-state index contributed by atoms with van der Waals surface area (Å²) in [7, 11) is 0. The number of ketones is 1. The summed E-state index contributed by atoms with van der Waals surface area (Å²) in [6.07, 6.45) is 0. The molecule has 0 saturated carbocycles. The van der Waals surface area contributed by atoms with E-state index in [9.17, 15) is 23.2 Å². The number of rotatable bonds is 7. The van der Waals surface area contributed by atoms with Crippen LogP contribution in [0.1, 0.15) is 21.7 Å². The predicted octanol–water partition coefficient (Wildman–Crippen LogP) is 3.62. The molecule has 0 bridgehead atoms. The van der Waals surface area contributed by atoms with Crippen molar-refractivity contribution in [3.63, 3.8) is 0 Å². The fourth-order valence-corrected chi connectivity index (χ4v) is 3.56. The minimum atomic E-state index is -0.902. The summed E-state index contributed by atoms with van der Waals surface area (Å²) in [6.45, 7) is 2.36. The molecule has 0 radical (unpaired) electrons. The van der Waals surface area contributed by atoms with Gasteiger partial charge in [0.15, 0.2) is 6.61 Å². The van der Waals surface area contributed by atoms with Gasteiger partial charge >= 0.3 is 11.7 Å². The molecular weight excluding hydrogens is 448 g/mol. The van der Waals surface area contributed by atoms with Crippen LogP contribution in [0.2, 0.25) is 0 Å². The Morgan fingerprint density at radius 3 is 2.47 bits per heavy atom. The lowest BCUT2D eigenvalue weighted by atomic mass is 10.1. The normalized spacial score (nSPS) is 10.9. The first-order chi connectivity index (χ1) is 16.2. The highest BCUT2D eigenvalue weighted by Crippen LogP contribution is 2.22. The minimum absolute atomic E-state index is 0.0846. The molecule has 8 nitrogen and oxygen atoms in total. The van der Waals surface area contributed by atoms with Crippen LogP contribution in [0.25, 0.3) is 17.1 Å². The van der Waals surface area contributed by atoms with Gasteiger partial charge in [-0.3, -0.25) is 9.59 Å². The van der Waals surface area contributed by atoms with E-state index in [-0.39, 0.29) is 5.89 Å². The molecule has 0 amide bonds. The number of carbonyl (C=O) groups is 2. The first kappa shape index (κ1) is 22.8. The molecule has 0 fully saturated rings. The average molecular weight is 467 g/mol. The summed E-state index contributed by atoms with van der Waals surface area (Å²) < 4.78 is 39.2. The molecule has 0 spiro atoms. The Balaban J connectivity index is 1.42. The van der Waals surface area contributed by atoms with Crippen LogP contribution in [0.5, 0.6) is 0 Å². The van der Waals surface area contributed by atoms with Crippen molar-refractivity contribution in [2.45, 2.75) is 20.4 Å². The number of hydrogen-bond donors (Lipinski definition) is 0. The molecule has 10 heteroatoms. The topological polar surface area (TPSA) is 96.3 Å². The van der Waals surface area contributed by atoms with Crippen LogP contribution < -0.4 is 5.76 Å². The number of benzene rings is 2. The van der Waals surface area contributed by atoms with Crippen LogP contribution in [0.4, 0.5) is 8.78 Å². The van der Waals surface area contributed by atoms with Gasteiger partial charge in [-0.1, -0.05) is 6.07 Å². The number of carbonyl (C=O) groups excluding carboxylic acids is 2. The largest absolute Gasteiger partial charge is 0.456 e. The van der Waals surface area contributed by atoms with Crippen LogP contribution in [0, 0.1) is 25.5 Å². The second-order valence-corrected chi connectivity index (χ2v) is 7.52. The second kappa shape index (κ2) is 9.26. The number of halogens is 2. The van der Waals surface area contributed by atoms with Crippen LogP contribution in [0.15, 0.2) is 63.8 Å². The van der Waals surface area contributed by atoms with Crippen LogP contribution in [-0.2, 0) is 16.1 Å². The summed E-state index contributed by atoms with van der Waals surface area (Å²) in [5.74, 6) is -3.18. The van der Waals surface area contributed by atoms with Crippen molar-refractivity contribution in [2.24, 2.45) is 0 Å². The SMILES string of the molecule is Cc1cc(C(=O)COC(=O)Cn2nc(-c3ccc(F)cc3)oc2=O)c(C)n1-c1cccc(F)c1. The van der Waals surface area contributed by atoms with Crippen molar-refractivity contribution < 1.29 is 27.5 Å². The van der Waals surface area contributed by atoms with Gasteiger partial charge in [-0.25, -0.2) is 13.6 Å².